The average Bonchev–Trinajstić information content (AvgIpc) is 2.23. The van der Waals surface area contributed by atoms with Crippen molar-refractivity contribution in [3.05, 3.63) is 29.3 Å². The van der Waals surface area contributed by atoms with Gasteiger partial charge in [0.05, 0.1) is 17.8 Å². The Kier molecular flexibility index (Phi) is 3.84. The van der Waals surface area contributed by atoms with Crippen LogP contribution in [0.3, 0.4) is 0 Å². The summed E-state index contributed by atoms with van der Waals surface area (Å²) >= 11 is 0. The molecule has 1 aromatic carbocycles. The fraction of sp³-hybridized carbons (Fsp3) is 0.182. The molecule has 1 rings (SSSR count). The lowest BCUT2D eigenvalue weighted by Crippen LogP contribution is -2.25. The van der Waals surface area contributed by atoms with Gasteiger partial charge in [-0.3, -0.25) is 4.79 Å². The first-order valence-electron chi connectivity index (χ1n) is 4.48. The number of rotatable bonds is 2. The number of nitrogens with one attached hydrogen (secondary N) is 1. The monoisotopic (exact) mass is 224 g/mol. The summed E-state index contributed by atoms with van der Waals surface area (Å²) in [5.41, 5.74) is 4.37. The van der Waals surface area contributed by atoms with E-state index in [9.17, 15) is 13.6 Å². The fourth-order valence-corrected chi connectivity index (χ4v) is 1.08. The number of anilines is 1. The van der Waals surface area contributed by atoms with Crippen LogP contribution in [0.1, 0.15) is 17.3 Å². The van der Waals surface area contributed by atoms with Gasteiger partial charge >= 0.3 is 0 Å². The smallest absolute Gasteiger partial charge is 0.255 e. The van der Waals surface area contributed by atoms with Crippen molar-refractivity contribution in [1.82, 2.24) is 5.32 Å². The molecule has 1 amide bonds. The van der Waals surface area contributed by atoms with Crippen molar-refractivity contribution in [2.75, 3.05) is 12.3 Å². The molecule has 1 aromatic rings. The molecular formula is C11H10F2N2O. The van der Waals surface area contributed by atoms with E-state index in [0.717, 1.165) is 12.1 Å². The first-order chi connectivity index (χ1) is 7.56. The lowest BCUT2D eigenvalue weighted by atomic mass is 10.1. The Morgan fingerprint density at radius 3 is 2.81 bits per heavy atom. The molecule has 0 aliphatic rings. The molecule has 3 nitrogen and oxygen atoms in total. The summed E-state index contributed by atoms with van der Waals surface area (Å²) in [6, 6.07) is 1.61. The van der Waals surface area contributed by atoms with E-state index in [0.29, 0.717) is 0 Å². The van der Waals surface area contributed by atoms with E-state index in [4.69, 9.17) is 5.73 Å². The second-order valence-corrected chi connectivity index (χ2v) is 2.97. The van der Waals surface area contributed by atoms with Gasteiger partial charge in [-0.25, -0.2) is 8.78 Å². The van der Waals surface area contributed by atoms with Gasteiger partial charge in [0.15, 0.2) is 5.82 Å². The van der Waals surface area contributed by atoms with Crippen molar-refractivity contribution in [3.63, 3.8) is 0 Å². The highest BCUT2D eigenvalue weighted by molar-refractivity contribution is 5.95. The second kappa shape index (κ2) is 5.12. The highest BCUT2D eigenvalue weighted by Gasteiger charge is 2.15. The Hall–Kier alpha value is -2.09. The minimum Gasteiger partial charge on any atom is -0.396 e. The van der Waals surface area contributed by atoms with Crippen molar-refractivity contribution in [2.24, 2.45) is 0 Å². The molecule has 3 N–H and O–H groups in total. The molecule has 0 fully saturated rings. The molecule has 0 aromatic heterocycles. The molecule has 0 radical (unpaired) electrons. The van der Waals surface area contributed by atoms with Crippen LogP contribution in [0.5, 0.6) is 0 Å². The number of hydrogen-bond donors (Lipinski definition) is 2. The highest BCUT2D eigenvalue weighted by atomic mass is 19.1. The number of hydrogen-bond acceptors (Lipinski definition) is 2. The van der Waals surface area contributed by atoms with E-state index < -0.39 is 28.8 Å². The minimum atomic E-state index is -0.927. The van der Waals surface area contributed by atoms with Crippen molar-refractivity contribution in [1.29, 1.82) is 0 Å². The van der Waals surface area contributed by atoms with Gasteiger partial charge in [0, 0.05) is 0 Å². The molecule has 0 aliphatic heterocycles. The van der Waals surface area contributed by atoms with Gasteiger partial charge in [-0.1, -0.05) is 5.92 Å². The van der Waals surface area contributed by atoms with Crippen LogP contribution in [0.2, 0.25) is 0 Å². The van der Waals surface area contributed by atoms with E-state index >= 15 is 0 Å². The van der Waals surface area contributed by atoms with Crippen LogP contribution in [0.15, 0.2) is 12.1 Å². The fourth-order valence-electron chi connectivity index (χ4n) is 1.08. The third kappa shape index (κ3) is 2.70. The topological polar surface area (TPSA) is 55.1 Å². The number of amides is 1. The molecule has 5 heteroatoms. The summed E-state index contributed by atoms with van der Waals surface area (Å²) in [6.07, 6.45) is 0. The quantitative estimate of drug-likeness (QED) is 0.587. The predicted octanol–water partition coefficient (Wildman–Crippen LogP) is 1.30. The number of benzene rings is 1. The number of carbonyl (C=O) groups excluding carboxylic acids is 1. The average molecular weight is 224 g/mol. The van der Waals surface area contributed by atoms with Gasteiger partial charge in [0.1, 0.15) is 5.82 Å². The van der Waals surface area contributed by atoms with Gasteiger partial charge in [0.25, 0.3) is 5.91 Å². The highest BCUT2D eigenvalue weighted by Crippen LogP contribution is 2.17. The summed E-state index contributed by atoms with van der Waals surface area (Å²) < 4.78 is 26.3. The molecule has 84 valence electrons. The lowest BCUT2D eigenvalue weighted by Gasteiger charge is -2.05. The summed E-state index contributed by atoms with van der Waals surface area (Å²) in [6.45, 7) is 1.68. The van der Waals surface area contributed by atoms with Gasteiger partial charge in [0.2, 0.25) is 0 Å². The van der Waals surface area contributed by atoms with Gasteiger partial charge < -0.3 is 11.1 Å². The molecular weight excluding hydrogens is 214 g/mol. The zero-order valence-electron chi connectivity index (χ0n) is 8.60. The summed E-state index contributed by atoms with van der Waals surface area (Å²) in [5.74, 6) is 2.69. The lowest BCUT2D eigenvalue weighted by molar-refractivity contribution is 0.0954. The standard InChI is InChI=1S/C11H10F2N2O/c1-2-3-4-15-11(16)8-5-7(12)6-9(14)10(8)13/h5-6H,4,14H2,1H3,(H,15,16). The van der Waals surface area contributed by atoms with Crippen LogP contribution >= 0.6 is 0 Å². The molecule has 0 unspecified atom stereocenters. The van der Waals surface area contributed by atoms with Crippen LogP contribution in [-0.2, 0) is 0 Å². The van der Waals surface area contributed by atoms with Crippen LogP contribution in [-0.4, -0.2) is 12.5 Å². The molecule has 0 bridgehead atoms. The van der Waals surface area contributed by atoms with Crippen LogP contribution in [0, 0.1) is 23.5 Å². The second-order valence-electron chi connectivity index (χ2n) is 2.97. The van der Waals surface area contributed by atoms with Crippen molar-refractivity contribution < 1.29 is 13.6 Å². The largest absolute Gasteiger partial charge is 0.396 e. The van der Waals surface area contributed by atoms with E-state index in [2.05, 4.69) is 17.2 Å². The van der Waals surface area contributed by atoms with Gasteiger partial charge in [-0.05, 0) is 19.1 Å². The summed E-state index contributed by atoms with van der Waals surface area (Å²) in [5, 5.41) is 2.32. The normalized spacial score (nSPS) is 9.19. The Morgan fingerprint density at radius 1 is 1.50 bits per heavy atom. The molecule has 0 heterocycles. The Morgan fingerprint density at radius 2 is 2.19 bits per heavy atom. The first-order valence-corrected chi connectivity index (χ1v) is 4.48. The Labute approximate surface area is 91.6 Å². The van der Waals surface area contributed by atoms with Gasteiger partial charge in [-0.2, -0.15) is 0 Å². The van der Waals surface area contributed by atoms with E-state index in [1.165, 1.54) is 0 Å². The van der Waals surface area contributed by atoms with Crippen molar-refractivity contribution >= 4 is 11.6 Å². The molecule has 0 aliphatic carbocycles. The zero-order valence-corrected chi connectivity index (χ0v) is 8.60. The Bertz CT molecular complexity index is 475. The van der Waals surface area contributed by atoms with Crippen LogP contribution in [0.4, 0.5) is 14.5 Å². The number of nitrogens with two attached hydrogens (primary N) is 1. The van der Waals surface area contributed by atoms with Crippen LogP contribution < -0.4 is 11.1 Å². The molecule has 0 atom stereocenters. The maximum atomic E-state index is 13.4. The Balaban J connectivity index is 2.93. The molecule has 0 spiro atoms. The van der Waals surface area contributed by atoms with E-state index in [-0.39, 0.29) is 6.54 Å². The molecule has 0 saturated carbocycles. The van der Waals surface area contributed by atoms with Crippen molar-refractivity contribution in [2.45, 2.75) is 6.92 Å². The third-order valence-corrected chi connectivity index (χ3v) is 1.82. The minimum absolute atomic E-state index is 0.0746. The zero-order chi connectivity index (χ0) is 12.1. The molecule has 16 heavy (non-hydrogen) atoms. The first kappa shape index (κ1) is 12.0. The predicted molar refractivity (Wildman–Crippen MR) is 56.6 cm³/mol. The van der Waals surface area contributed by atoms with Crippen molar-refractivity contribution in [3.8, 4) is 11.8 Å². The summed E-state index contributed by atoms with van der Waals surface area (Å²) in [7, 11) is 0. The van der Waals surface area contributed by atoms with Gasteiger partial charge in [-0.15, -0.1) is 5.92 Å². The SMILES string of the molecule is CC#CCNC(=O)c1cc(F)cc(N)c1F. The summed E-state index contributed by atoms with van der Waals surface area (Å²) in [4.78, 5) is 11.4. The van der Waals surface area contributed by atoms with E-state index in [1.54, 1.807) is 6.92 Å². The number of carbonyl (C=O) groups is 1. The van der Waals surface area contributed by atoms with Crippen LogP contribution in [0.25, 0.3) is 0 Å². The maximum absolute atomic E-state index is 13.4. The third-order valence-electron chi connectivity index (χ3n) is 1.82. The number of nitrogen functional groups attached to an aromatic ring is 1. The molecule has 0 saturated heterocycles. The maximum Gasteiger partial charge on any atom is 0.255 e. The number of halogens is 2. The van der Waals surface area contributed by atoms with E-state index in [1.807, 2.05) is 0 Å².